The lowest BCUT2D eigenvalue weighted by Gasteiger charge is -2.43. The molecule has 1 aromatic carbocycles. The van der Waals surface area contributed by atoms with Gasteiger partial charge in [0.25, 0.3) is 0 Å². The lowest BCUT2D eigenvalue weighted by atomic mass is 9.67. The summed E-state index contributed by atoms with van der Waals surface area (Å²) in [5, 5.41) is 12.9. The molecule has 1 aromatic rings. The molecule has 0 bridgehead atoms. The largest absolute Gasteiger partial charge is 0.481 e. The molecule has 0 aromatic heterocycles. The van der Waals surface area contributed by atoms with E-state index in [0.29, 0.717) is 24.9 Å². The normalized spacial score (nSPS) is 26.8. The van der Waals surface area contributed by atoms with E-state index in [1.54, 1.807) is 18.2 Å². The second-order valence-electron chi connectivity index (χ2n) is 5.60. The summed E-state index contributed by atoms with van der Waals surface area (Å²) in [5.74, 6) is -1.38. The molecule has 1 fully saturated rings. The fraction of sp³-hybridized carbons (Fsp3) is 0.500. The van der Waals surface area contributed by atoms with E-state index in [0.717, 1.165) is 0 Å². The van der Waals surface area contributed by atoms with Crippen LogP contribution >= 0.6 is 0 Å². The fourth-order valence-electron chi connectivity index (χ4n) is 2.90. The van der Waals surface area contributed by atoms with Crippen molar-refractivity contribution in [1.29, 1.82) is 0 Å². The van der Waals surface area contributed by atoms with Gasteiger partial charge in [0.05, 0.1) is 5.41 Å². The fourth-order valence-corrected chi connectivity index (χ4v) is 2.90. The Bertz CT molecular complexity index is 473. The van der Waals surface area contributed by atoms with Gasteiger partial charge in [-0.1, -0.05) is 18.2 Å². The highest BCUT2D eigenvalue weighted by Gasteiger charge is 2.48. The van der Waals surface area contributed by atoms with Gasteiger partial charge in [0.1, 0.15) is 5.82 Å². The summed E-state index contributed by atoms with van der Waals surface area (Å²) >= 11 is 0. The molecule has 1 saturated heterocycles. The maximum Gasteiger partial charge on any atom is 0.314 e. The molecule has 1 heterocycles. The van der Waals surface area contributed by atoms with Gasteiger partial charge in [-0.3, -0.25) is 4.79 Å². The number of halogens is 1. The van der Waals surface area contributed by atoms with Crippen LogP contribution in [-0.4, -0.2) is 23.2 Å². The number of carboxylic acids is 1. The number of nitrogens with one attached hydrogen (secondary N) is 1. The molecule has 3 nitrogen and oxygen atoms in total. The quantitative estimate of drug-likeness (QED) is 0.848. The number of rotatable bonds is 2. The van der Waals surface area contributed by atoms with Crippen molar-refractivity contribution < 1.29 is 14.3 Å². The van der Waals surface area contributed by atoms with Crippen LogP contribution in [0.3, 0.4) is 0 Å². The highest BCUT2D eigenvalue weighted by Crippen LogP contribution is 2.40. The Labute approximate surface area is 106 Å². The van der Waals surface area contributed by atoms with Gasteiger partial charge < -0.3 is 10.4 Å². The van der Waals surface area contributed by atoms with Crippen LogP contribution < -0.4 is 5.32 Å². The molecular weight excluding hydrogens is 233 g/mol. The van der Waals surface area contributed by atoms with E-state index in [9.17, 15) is 14.3 Å². The van der Waals surface area contributed by atoms with E-state index in [2.05, 4.69) is 5.32 Å². The molecule has 0 aliphatic carbocycles. The van der Waals surface area contributed by atoms with Gasteiger partial charge in [-0.05, 0) is 39.3 Å². The number of hydrogen-bond acceptors (Lipinski definition) is 2. The summed E-state index contributed by atoms with van der Waals surface area (Å²) in [6.07, 6.45) is 0.795. The molecule has 1 aliphatic rings. The third-order valence-electron chi connectivity index (χ3n) is 3.70. The lowest BCUT2D eigenvalue weighted by molar-refractivity contribution is -0.146. The smallest absolute Gasteiger partial charge is 0.314 e. The van der Waals surface area contributed by atoms with Crippen molar-refractivity contribution >= 4 is 5.97 Å². The molecule has 0 radical (unpaired) electrons. The van der Waals surface area contributed by atoms with Crippen molar-refractivity contribution in [2.24, 2.45) is 0 Å². The Balaban J connectivity index is 2.52. The van der Waals surface area contributed by atoms with E-state index in [4.69, 9.17) is 0 Å². The van der Waals surface area contributed by atoms with Gasteiger partial charge in [0.2, 0.25) is 0 Å². The predicted molar refractivity (Wildman–Crippen MR) is 67.0 cm³/mol. The molecule has 1 aliphatic heterocycles. The minimum absolute atomic E-state index is 0.298. The van der Waals surface area contributed by atoms with Crippen LogP contribution in [0, 0.1) is 5.82 Å². The Morgan fingerprint density at radius 3 is 2.61 bits per heavy atom. The highest BCUT2D eigenvalue weighted by atomic mass is 19.1. The molecule has 4 heteroatoms. The number of carbonyl (C=O) groups is 1. The van der Waals surface area contributed by atoms with Crippen LogP contribution in [0.5, 0.6) is 0 Å². The van der Waals surface area contributed by atoms with E-state index in [1.807, 2.05) is 13.8 Å². The molecule has 0 spiro atoms. The van der Waals surface area contributed by atoms with Gasteiger partial charge in [0, 0.05) is 11.1 Å². The first kappa shape index (κ1) is 13.0. The summed E-state index contributed by atoms with van der Waals surface area (Å²) in [6.45, 7) is 4.48. The van der Waals surface area contributed by atoms with Crippen molar-refractivity contribution in [2.75, 3.05) is 6.54 Å². The average molecular weight is 251 g/mol. The number of aliphatic carboxylic acids is 1. The number of benzene rings is 1. The Morgan fingerprint density at radius 1 is 1.39 bits per heavy atom. The van der Waals surface area contributed by atoms with Crippen molar-refractivity contribution in [3.63, 3.8) is 0 Å². The average Bonchev–Trinajstić information content (AvgIpc) is 2.27. The Hall–Kier alpha value is -1.42. The molecule has 2 rings (SSSR count). The molecule has 0 amide bonds. The van der Waals surface area contributed by atoms with Gasteiger partial charge in [-0.2, -0.15) is 0 Å². The maximum absolute atomic E-state index is 13.9. The van der Waals surface area contributed by atoms with E-state index < -0.39 is 17.2 Å². The minimum Gasteiger partial charge on any atom is -0.481 e. The first-order valence-electron chi connectivity index (χ1n) is 6.11. The first-order valence-corrected chi connectivity index (χ1v) is 6.11. The molecule has 1 atom stereocenters. The van der Waals surface area contributed by atoms with Gasteiger partial charge in [0.15, 0.2) is 0 Å². The van der Waals surface area contributed by atoms with Crippen molar-refractivity contribution in [3.05, 3.63) is 35.6 Å². The molecule has 1 unspecified atom stereocenters. The van der Waals surface area contributed by atoms with Crippen LogP contribution in [0.15, 0.2) is 24.3 Å². The number of piperidine rings is 1. The maximum atomic E-state index is 13.9. The molecule has 0 saturated carbocycles. The predicted octanol–water partition coefficient (Wildman–Crippen LogP) is 2.31. The van der Waals surface area contributed by atoms with Crippen molar-refractivity contribution in [1.82, 2.24) is 5.32 Å². The molecule has 98 valence electrons. The third-order valence-corrected chi connectivity index (χ3v) is 3.70. The second kappa shape index (κ2) is 4.35. The Kier molecular flexibility index (Phi) is 3.15. The zero-order valence-corrected chi connectivity index (χ0v) is 10.7. The van der Waals surface area contributed by atoms with Gasteiger partial charge in [-0.15, -0.1) is 0 Å². The number of carboxylic acid groups (broad SMARTS) is 1. The van der Waals surface area contributed by atoms with Gasteiger partial charge >= 0.3 is 5.97 Å². The SMILES string of the molecule is CC1(C)CC(C(=O)O)(c2ccccc2F)CCN1. The summed E-state index contributed by atoms with van der Waals surface area (Å²) in [6, 6.07) is 6.19. The summed E-state index contributed by atoms with van der Waals surface area (Å²) < 4.78 is 13.9. The lowest BCUT2D eigenvalue weighted by Crippen LogP contribution is -2.55. The van der Waals surface area contributed by atoms with Gasteiger partial charge in [-0.25, -0.2) is 4.39 Å². The van der Waals surface area contributed by atoms with Crippen LogP contribution in [0.4, 0.5) is 4.39 Å². The van der Waals surface area contributed by atoms with Crippen molar-refractivity contribution in [2.45, 2.75) is 37.6 Å². The zero-order chi connectivity index (χ0) is 13.4. The molecular formula is C14H18FNO2. The first-order chi connectivity index (χ1) is 8.37. The zero-order valence-electron chi connectivity index (χ0n) is 10.7. The van der Waals surface area contributed by atoms with E-state index in [1.165, 1.54) is 6.07 Å². The minimum atomic E-state index is -1.12. The van der Waals surface area contributed by atoms with Crippen LogP contribution in [0.1, 0.15) is 32.3 Å². The molecule has 2 N–H and O–H groups in total. The Morgan fingerprint density at radius 2 is 2.06 bits per heavy atom. The van der Waals surface area contributed by atoms with Crippen LogP contribution in [0.2, 0.25) is 0 Å². The summed E-state index contributed by atoms with van der Waals surface area (Å²) in [7, 11) is 0. The van der Waals surface area contributed by atoms with Crippen LogP contribution in [0.25, 0.3) is 0 Å². The van der Waals surface area contributed by atoms with E-state index in [-0.39, 0.29) is 5.54 Å². The summed E-state index contributed by atoms with van der Waals surface area (Å²) in [4.78, 5) is 11.7. The highest BCUT2D eigenvalue weighted by molar-refractivity contribution is 5.82. The van der Waals surface area contributed by atoms with E-state index >= 15 is 0 Å². The van der Waals surface area contributed by atoms with Crippen molar-refractivity contribution in [3.8, 4) is 0 Å². The third kappa shape index (κ3) is 2.12. The summed E-state index contributed by atoms with van der Waals surface area (Å²) in [5.41, 5.74) is -1.13. The standard InChI is InChI=1S/C14H18FNO2/c1-13(2)9-14(12(17)18,7-8-16-13)10-5-3-4-6-11(10)15/h3-6,16H,7-9H2,1-2H3,(H,17,18). The second-order valence-corrected chi connectivity index (χ2v) is 5.60. The number of hydrogen-bond donors (Lipinski definition) is 2. The monoisotopic (exact) mass is 251 g/mol. The van der Waals surface area contributed by atoms with Crippen LogP contribution in [-0.2, 0) is 10.2 Å². The molecule has 18 heavy (non-hydrogen) atoms. The topological polar surface area (TPSA) is 49.3 Å².